The Morgan fingerprint density at radius 3 is 2.28 bits per heavy atom. The van der Waals surface area contributed by atoms with Gasteiger partial charge in [0, 0.05) is 59.0 Å². The van der Waals surface area contributed by atoms with Gasteiger partial charge in [0.2, 0.25) is 0 Å². The highest BCUT2D eigenvalue weighted by molar-refractivity contribution is 5.81. The number of hydrogen-bond acceptors (Lipinski definition) is 9. The highest BCUT2D eigenvalue weighted by Gasteiger charge is 2.41. The molecule has 11 nitrogen and oxygen atoms in total. The number of ketones is 1. The number of nitrogens with zero attached hydrogens (tertiary/aromatic N) is 7. The zero-order valence-corrected chi connectivity index (χ0v) is 39.9. The molecule has 1 atom stereocenters. The van der Waals surface area contributed by atoms with Crippen molar-refractivity contribution in [2.24, 2.45) is 16.4 Å². The van der Waals surface area contributed by atoms with E-state index in [1.165, 1.54) is 16.9 Å². The third kappa shape index (κ3) is 11.7. The molecule has 1 aliphatic carbocycles. The number of ether oxygens (including phenoxy) is 2. The van der Waals surface area contributed by atoms with Crippen molar-refractivity contribution in [2.45, 2.75) is 117 Å². The number of aliphatic hydroxyl groups excluding tert-OH is 1. The number of nitriles is 3. The van der Waals surface area contributed by atoms with Crippen LogP contribution in [0.25, 0.3) is 10.4 Å². The number of Topliss-reactive ketones (excluding diaryl/α,β-unsaturated/α-hetero) is 1. The summed E-state index contributed by atoms with van der Waals surface area (Å²) in [6, 6.07) is 29.7. The number of azide groups is 1. The summed E-state index contributed by atoms with van der Waals surface area (Å²) < 4.78 is 13.1. The molecule has 0 fully saturated rings. The number of fused-ring (bicyclic) bond motifs is 1. The Labute approximate surface area is 396 Å². The fraction of sp³-hybridized carbons (Fsp3) is 0.393. The molecule has 3 aromatic carbocycles. The van der Waals surface area contributed by atoms with E-state index in [-0.39, 0.29) is 46.0 Å². The molecule has 3 aliphatic rings. The van der Waals surface area contributed by atoms with E-state index in [0.717, 1.165) is 66.7 Å². The number of unbranched alkanes of at least 4 members (excludes halogenated alkanes) is 2. The van der Waals surface area contributed by atoms with E-state index in [0.29, 0.717) is 42.7 Å². The number of anilines is 1. The predicted molar refractivity (Wildman–Crippen MR) is 262 cm³/mol. The van der Waals surface area contributed by atoms with Gasteiger partial charge in [0.25, 0.3) is 0 Å². The van der Waals surface area contributed by atoms with Crippen molar-refractivity contribution in [3.05, 3.63) is 169 Å². The predicted octanol–water partition coefficient (Wildman–Crippen LogP) is 13.1. The molecule has 2 aliphatic heterocycles. The Balaban J connectivity index is 1.36. The van der Waals surface area contributed by atoms with Crippen molar-refractivity contribution in [1.82, 2.24) is 0 Å². The second-order valence-corrected chi connectivity index (χ2v) is 19.6. The summed E-state index contributed by atoms with van der Waals surface area (Å²) in [5, 5.41) is 42.8. The minimum Gasteiger partial charge on any atom is -0.480 e. The molecule has 3 aromatic rings. The molecule has 0 amide bonds. The fourth-order valence-corrected chi connectivity index (χ4v) is 9.20. The summed E-state index contributed by atoms with van der Waals surface area (Å²) in [5.41, 5.74) is 15.9. The lowest BCUT2D eigenvalue weighted by Crippen LogP contribution is -2.28. The molecule has 0 aromatic heterocycles. The van der Waals surface area contributed by atoms with Crippen LogP contribution >= 0.6 is 0 Å². The number of carbonyl (C=O) groups is 1. The molecule has 2 heterocycles. The van der Waals surface area contributed by atoms with Crippen molar-refractivity contribution in [1.29, 1.82) is 15.8 Å². The number of aliphatic hydroxyl groups is 1. The lowest BCUT2D eigenvalue weighted by atomic mass is 9.70. The third-order valence-electron chi connectivity index (χ3n) is 13.1. The molecular weight excluding hydrogens is 835 g/mol. The van der Waals surface area contributed by atoms with Crippen molar-refractivity contribution < 1.29 is 19.4 Å². The molecule has 0 spiro atoms. The van der Waals surface area contributed by atoms with Gasteiger partial charge in [0.05, 0.1) is 0 Å². The van der Waals surface area contributed by atoms with E-state index in [1.54, 1.807) is 12.1 Å². The first kappa shape index (κ1) is 49.3. The van der Waals surface area contributed by atoms with Gasteiger partial charge in [-0.1, -0.05) is 119 Å². The topological polar surface area (TPSA) is 179 Å². The zero-order chi connectivity index (χ0) is 48.4. The molecular formula is C56H61N7O4. The fourth-order valence-electron chi connectivity index (χ4n) is 9.20. The first-order valence-electron chi connectivity index (χ1n) is 23.2. The van der Waals surface area contributed by atoms with E-state index in [4.69, 9.17) is 15.0 Å². The van der Waals surface area contributed by atoms with Crippen molar-refractivity contribution >= 4 is 17.2 Å². The average molecular weight is 896 g/mol. The molecule has 6 rings (SSSR count). The van der Waals surface area contributed by atoms with Gasteiger partial charge >= 0.3 is 0 Å². The van der Waals surface area contributed by atoms with Gasteiger partial charge in [0.1, 0.15) is 46.7 Å². The van der Waals surface area contributed by atoms with E-state index in [1.807, 2.05) is 74.5 Å². The second kappa shape index (κ2) is 21.5. The van der Waals surface area contributed by atoms with Gasteiger partial charge in [-0.2, -0.15) is 15.8 Å². The van der Waals surface area contributed by atoms with Crippen LogP contribution in [-0.4, -0.2) is 29.6 Å². The molecule has 0 radical (unpaired) electrons. The van der Waals surface area contributed by atoms with Crippen LogP contribution in [0.1, 0.15) is 110 Å². The Morgan fingerprint density at radius 1 is 0.925 bits per heavy atom. The van der Waals surface area contributed by atoms with Gasteiger partial charge in [-0.25, -0.2) is 0 Å². The minimum absolute atomic E-state index is 0.00228. The van der Waals surface area contributed by atoms with Crippen LogP contribution in [0.3, 0.4) is 0 Å². The summed E-state index contributed by atoms with van der Waals surface area (Å²) in [5.74, 6) is 1.82. The Hall–Kier alpha value is -7.09. The highest BCUT2D eigenvalue weighted by Crippen LogP contribution is 2.49. The minimum atomic E-state index is -0.978. The first-order chi connectivity index (χ1) is 32.0. The molecule has 1 N–H and O–H groups in total. The molecule has 1 unspecified atom stereocenters. The monoisotopic (exact) mass is 895 g/mol. The van der Waals surface area contributed by atoms with Crippen LogP contribution < -0.4 is 9.64 Å². The maximum atomic E-state index is 12.9. The number of carbonyl (C=O) groups excluding carboxylic acids is 1. The van der Waals surface area contributed by atoms with Crippen molar-refractivity contribution in [2.75, 3.05) is 18.1 Å². The molecule has 344 valence electrons. The Morgan fingerprint density at radius 2 is 1.63 bits per heavy atom. The number of allylic oxidation sites excluding steroid dienone is 8. The van der Waals surface area contributed by atoms with Gasteiger partial charge in [-0.3, -0.25) is 4.79 Å². The lowest BCUT2D eigenvalue weighted by molar-refractivity contribution is -0.118. The SMILES string of the molecule is CC1(C)OC(=C(C#N)C#N)C(C#N)=C1/C=C/C1=C(Oc2ccc(CCCO)cc2)C(=C/C=C2/N(CCCCCC(=O)Cc3ccc(N=[N+]=[N-])cc3)c3ccccc3C2(C)C)/CC(C(C)(C)C)C1. The standard InChI is InChI=1S/C56H61N7O4/c1-54(2,3)43-33-40(22-28-48-47(37-59)53(42(35-57)36-58)67-56(48,6)7)52(66-46-26-20-38(21-27-46)14-13-31-64)41(34-43)23-29-51-55(4,5)49-16-10-11-17-50(49)63(51)30-12-8-9-15-45(65)32-39-18-24-44(25-19-39)61-62-60/h10-11,16-29,43,64H,8-9,12-15,30-34H2,1-7H3/b28-22+,41-23+,51-29+. The van der Waals surface area contributed by atoms with Gasteiger partial charge in [-0.15, -0.1) is 0 Å². The van der Waals surface area contributed by atoms with Crippen LogP contribution in [0.2, 0.25) is 0 Å². The summed E-state index contributed by atoms with van der Waals surface area (Å²) in [6.45, 7) is 15.9. The van der Waals surface area contributed by atoms with Crippen LogP contribution in [0.5, 0.6) is 5.75 Å². The summed E-state index contributed by atoms with van der Waals surface area (Å²) in [7, 11) is 0. The maximum absolute atomic E-state index is 12.9. The van der Waals surface area contributed by atoms with Gasteiger partial charge in [-0.05, 0) is 121 Å². The van der Waals surface area contributed by atoms with E-state index in [9.17, 15) is 25.7 Å². The maximum Gasteiger partial charge on any atom is 0.172 e. The molecule has 11 heteroatoms. The number of rotatable bonds is 17. The number of hydrogen-bond donors (Lipinski definition) is 1. The van der Waals surface area contributed by atoms with Crippen LogP contribution in [-0.2, 0) is 27.8 Å². The smallest absolute Gasteiger partial charge is 0.172 e. The molecule has 0 bridgehead atoms. The van der Waals surface area contributed by atoms with Crippen LogP contribution in [0, 0.1) is 45.3 Å². The number of benzene rings is 3. The summed E-state index contributed by atoms with van der Waals surface area (Å²) in [4.78, 5) is 18.2. The molecule has 0 saturated heterocycles. The van der Waals surface area contributed by atoms with Crippen LogP contribution in [0.4, 0.5) is 11.4 Å². The van der Waals surface area contributed by atoms with E-state index in [2.05, 4.69) is 92.0 Å². The second-order valence-electron chi connectivity index (χ2n) is 19.6. The van der Waals surface area contributed by atoms with Crippen LogP contribution in [0.15, 0.2) is 147 Å². The largest absolute Gasteiger partial charge is 0.480 e. The van der Waals surface area contributed by atoms with Crippen molar-refractivity contribution in [3.8, 4) is 24.0 Å². The third-order valence-corrected chi connectivity index (χ3v) is 13.1. The highest BCUT2D eigenvalue weighted by atomic mass is 16.5. The Kier molecular flexibility index (Phi) is 15.8. The quantitative estimate of drug-likeness (QED) is 0.0457. The summed E-state index contributed by atoms with van der Waals surface area (Å²) >= 11 is 0. The average Bonchev–Trinajstić information content (AvgIpc) is 3.68. The van der Waals surface area contributed by atoms with Gasteiger partial charge < -0.3 is 19.5 Å². The van der Waals surface area contributed by atoms with E-state index < -0.39 is 5.60 Å². The zero-order valence-electron chi connectivity index (χ0n) is 39.9. The molecule has 67 heavy (non-hydrogen) atoms. The van der Waals surface area contributed by atoms with E-state index >= 15 is 0 Å². The molecule has 0 saturated carbocycles. The number of aryl methyl sites for hydroxylation is 1. The number of para-hydroxylation sites is 1. The van der Waals surface area contributed by atoms with Crippen molar-refractivity contribution in [3.63, 3.8) is 0 Å². The summed E-state index contributed by atoms with van der Waals surface area (Å²) in [6.07, 6.45) is 14.7. The normalized spacial score (nSPS) is 18.6. The first-order valence-corrected chi connectivity index (χ1v) is 23.2. The van der Waals surface area contributed by atoms with Gasteiger partial charge in [0.15, 0.2) is 11.3 Å². The lowest BCUT2D eigenvalue weighted by Gasteiger charge is -2.36. The Bertz CT molecular complexity index is 2700.